The van der Waals surface area contributed by atoms with Gasteiger partial charge in [0.1, 0.15) is 0 Å². The van der Waals surface area contributed by atoms with Crippen molar-refractivity contribution in [2.75, 3.05) is 4.90 Å². The van der Waals surface area contributed by atoms with Crippen LogP contribution in [0.3, 0.4) is 0 Å². The van der Waals surface area contributed by atoms with Gasteiger partial charge in [-0.2, -0.15) is 5.26 Å². The van der Waals surface area contributed by atoms with Gasteiger partial charge in [0, 0.05) is 5.92 Å². The second-order valence-corrected chi connectivity index (χ2v) is 16.4. The van der Waals surface area contributed by atoms with Gasteiger partial charge in [-0.05, 0) is 121 Å². The van der Waals surface area contributed by atoms with Crippen molar-refractivity contribution < 1.29 is 0 Å². The highest BCUT2D eigenvalue weighted by atomic mass is 35.5. The molecule has 6 aromatic carbocycles. The monoisotopic (exact) mass is 664 g/mol. The Bertz CT molecular complexity index is 2430. The number of fused-ring (bicyclic) bond motifs is 2. The Balaban J connectivity index is 1.32. The van der Waals surface area contributed by atoms with Gasteiger partial charge in [0.2, 0.25) is 0 Å². The van der Waals surface area contributed by atoms with E-state index >= 15 is 0 Å². The summed E-state index contributed by atoms with van der Waals surface area (Å²) < 4.78 is 0. The molecule has 0 atom stereocenters. The molecule has 2 bridgehead atoms. The van der Waals surface area contributed by atoms with E-state index in [1.807, 2.05) is 24.3 Å². The first-order valence-electron chi connectivity index (χ1n) is 17.8. The van der Waals surface area contributed by atoms with Crippen LogP contribution in [0.1, 0.15) is 102 Å². The van der Waals surface area contributed by atoms with Crippen molar-refractivity contribution in [3.63, 3.8) is 0 Å². The Labute approximate surface area is 299 Å². The van der Waals surface area contributed by atoms with E-state index in [4.69, 9.17) is 11.6 Å². The second-order valence-electron chi connectivity index (χ2n) is 16.0. The first-order valence-corrected chi connectivity index (χ1v) is 18.1. The van der Waals surface area contributed by atoms with E-state index in [0.717, 1.165) is 29.7 Å². The van der Waals surface area contributed by atoms with E-state index in [0.29, 0.717) is 10.6 Å². The molecule has 0 unspecified atom stereocenters. The van der Waals surface area contributed by atoms with Crippen molar-refractivity contribution in [3.05, 3.63) is 182 Å². The standard InChI is InChI=1S/C47H37ClN2/c1-45(2)22-23-46(3,4)37-26-42-38(25-36(37)45)47-34-13-7-5-10-31(34)43(32-11-6-8-14-35(32)47)33-12-9-15-41(44(33)47)50(42)40-21-20-30(24-39(40)48)29-18-16-28(27-49)17-19-29/h5-21,24-26,43H,22-23H2,1-4H3. The number of halogens is 1. The largest absolute Gasteiger partial charge is 0.308 e. The van der Waals surface area contributed by atoms with E-state index in [9.17, 15) is 5.26 Å². The van der Waals surface area contributed by atoms with Crippen LogP contribution in [0.25, 0.3) is 11.1 Å². The maximum Gasteiger partial charge on any atom is 0.0991 e. The van der Waals surface area contributed by atoms with Crippen LogP contribution in [-0.4, -0.2) is 0 Å². The molecule has 50 heavy (non-hydrogen) atoms. The van der Waals surface area contributed by atoms with Gasteiger partial charge in [0.15, 0.2) is 0 Å². The average molecular weight is 665 g/mol. The summed E-state index contributed by atoms with van der Waals surface area (Å²) in [6.45, 7) is 9.70. The molecule has 0 amide bonds. The topological polar surface area (TPSA) is 27.0 Å². The maximum absolute atomic E-state index is 9.35. The average Bonchev–Trinajstić information content (AvgIpc) is 3.14. The van der Waals surface area contributed by atoms with E-state index in [1.54, 1.807) is 0 Å². The molecule has 3 heteroatoms. The van der Waals surface area contributed by atoms with Crippen LogP contribution < -0.4 is 4.90 Å². The quantitative estimate of drug-likeness (QED) is 0.184. The fourth-order valence-corrected chi connectivity index (χ4v) is 10.3. The minimum Gasteiger partial charge on any atom is -0.308 e. The summed E-state index contributed by atoms with van der Waals surface area (Å²) in [7, 11) is 0. The fourth-order valence-electron chi connectivity index (χ4n) is 10.00. The van der Waals surface area contributed by atoms with Gasteiger partial charge >= 0.3 is 0 Å². The molecule has 5 aliphatic rings. The summed E-state index contributed by atoms with van der Waals surface area (Å²) in [5.41, 5.74) is 18.4. The van der Waals surface area contributed by atoms with E-state index in [-0.39, 0.29) is 16.7 Å². The molecule has 0 N–H and O–H groups in total. The van der Waals surface area contributed by atoms with Crippen LogP contribution >= 0.6 is 11.6 Å². The summed E-state index contributed by atoms with van der Waals surface area (Å²) in [6, 6.07) is 46.9. The number of hydrogen-bond donors (Lipinski definition) is 0. The highest BCUT2D eigenvalue weighted by Gasteiger charge is 2.58. The van der Waals surface area contributed by atoms with Gasteiger partial charge < -0.3 is 4.90 Å². The molecule has 242 valence electrons. The molecular weight excluding hydrogens is 628 g/mol. The van der Waals surface area contributed by atoms with Gasteiger partial charge in [-0.15, -0.1) is 0 Å². The molecule has 11 rings (SSSR count). The zero-order valence-electron chi connectivity index (χ0n) is 28.8. The van der Waals surface area contributed by atoms with Gasteiger partial charge in [-0.1, -0.05) is 124 Å². The Morgan fingerprint density at radius 2 is 1.18 bits per heavy atom. The van der Waals surface area contributed by atoms with Crippen molar-refractivity contribution in [3.8, 4) is 17.2 Å². The molecule has 1 aliphatic heterocycles. The van der Waals surface area contributed by atoms with Crippen LogP contribution in [0.15, 0.2) is 121 Å². The van der Waals surface area contributed by atoms with Crippen molar-refractivity contribution in [1.29, 1.82) is 5.26 Å². The van der Waals surface area contributed by atoms with Gasteiger partial charge in [0.05, 0.1) is 39.1 Å². The van der Waals surface area contributed by atoms with Crippen molar-refractivity contribution in [1.82, 2.24) is 0 Å². The van der Waals surface area contributed by atoms with E-state index in [2.05, 4.69) is 136 Å². The Kier molecular flexibility index (Phi) is 5.96. The van der Waals surface area contributed by atoms with Crippen LogP contribution in [-0.2, 0) is 16.2 Å². The molecule has 1 spiro atoms. The summed E-state index contributed by atoms with van der Waals surface area (Å²) in [6.07, 6.45) is 2.30. The second kappa shape index (κ2) is 10.00. The molecule has 6 aromatic rings. The predicted molar refractivity (Wildman–Crippen MR) is 204 cm³/mol. The molecule has 4 aliphatic carbocycles. The number of rotatable bonds is 2. The Hall–Kier alpha value is -5.10. The van der Waals surface area contributed by atoms with E-state index < -0.39 is 5.41 Å². The van der Waals surface area contributed by atoms with Crippen LogP contribution in [0, 0.1) is 11.3 Å². The predicted octanol–water partition coefficient (Wildman–Crippen LogP) is 12.2. The minimum atomic E-state index is -0.457. The van der Waals surface area contributed by atoms with Crippen LogP contribution in [0.4, 0.5) is 17.1 Å². The van der Waals surface area contributed by atoms with Crippen molar-refractivity contribution in [2.45, 2.75) is 62.7 Å². The minimum absolute atomic E-state index is 0.0363. The zero-order chi connectivity index (χ0) is 34.2. The molecule has 0 fully saturated rings. The lowest BCUT2D eigenvalue weighted by molar-refractivity contribution is 0.331. The SMILES string of the molecule is CC1(C)CCC(C)(C)c2cc3c(cc21)N(c1ccc(-c2ccc(C#N)cc2)cc1Cl)c1cccc2c1C31c3ccccc3C2c2ccccc21. The van der Waals surface area contributed by atoms with Crippen molar-refractivity contribution >= 4 is 28.7 Å². The summed E-state index contributed by atoms with van der Waals surface area (Å²) in [5.74, 6) is 0.171. The lowest BCUT2D eigenvalue weighted by atomic mass is 9.48. The molecule has 2 nitrogen and oxygen atoms in total. The first kappa shape index (κ1) is 29.8. The van der Waals surface area contributed by atoms with Crippen LogP contribution in [0.5, 0.6) is 0 Å². The number of benzene rings is 6. The molecule has 0 saturated heterocycles. The maximum atomic E-state index is 9.35. The Morgan fingerprint density at radius 3 is 1.82 bits per heavy atom. The molecule has 0 radical (unpaired) electrons. The lowest BCUT2D eigenvalue weighted by Crippen LogP contribution is -2.47. The fraction of sp³-hybridized carbons (Fsp3) is 0.213. The number of nitrogens with zero attached hydrogens (tertiary/aromatic N) is 2. The first-order chi connectivity index (χ1) is 24.1. The van der Waals surface area contributed by atoms with Gasteiger partial charge in [0.25, 0.3) is 0 Å². The third kappa shape index (κ3) is 3.69. The lowest BCUT2D eigenvalue weighted by Gasteiger charge is -2.56. The number of nitriles is 1. The van der Waals surface area contributed by atoms with E-state index in [1.165, 1.54) is 61.4 Å². The highest BCUT2D eigenvalue weighted by Crippen LogP contribution is 2.69. The van der Waals surface area contributed by atoms with Gasteiger partial charge in [-0.25, -0.2) is 0 Å². The summed E-state index contributed by atoms with van der Waals surface area (Å²) in [4.78, 5) is 2.47. The molecule has 0 saturated carbocycles. The number of anilines is 3. The Morgan fingerprint density at radius 1 is 0.580 bits per heavy atom. The number of hydrogen-bond acceptors (Lipinski definition) is 2. The third-order valence-corrected chi connectivity index (χ3v) is 12.8. The smallest absolute Gasteiger partial charge is 0.0991 e. The highest BCUT2D eigenvalue weighted by molar-refractivity contribution is 6.34. The summed E-state index contributed by atoms with van der Waals surface area (Å²) in [5, 5.41) is 10.0. The molecule has 1 heterocycles. The normalized spacial score (nSPS) is 20.9. The van der Waals surface area contributed by atoms with Crippen LogP contribution in [0.2, 0.25) is 5.02 Å². The third-order valence-electron chi connectivity index (χ3n) is 12.5. The molecular formula is C47H37ClN2. The van der Waals surface area contributed by atoms with Crippen molar-refractivity contribution in [2.24, 2.45) is 0 Å². The van der Waals surface area contributed by atoms with Gasteiger partial charge in [-0.3, -0.25) is 0 Å². The summed E-state index contributed by atoms with van der Waals surface area (Å²) >= 11 is 7.42. The zero-order valence-corrected chi connectivity index (χ0v) is 29.6. The molecule has 0 aromatic heterocycles.